The lowest BCUT2D eigenvalue weighted by molar-refractivity contribution is 0.601. The molecular formula is C14H15NO3S2. The molecule has 20 heavy (non-hydrogen) atoms. The molecule has 1 aromatic carbocycles. The molecule has 0 saturated carbocycles. The standard InChI is InChI=1S/C14H15NO3S2/c1-19(16)13-6-3-11(4-7-13)9-12-5-8-14(10-15-12)20(2,17)18/h3-8,10H,9H2,1-2H3. The molecule has 1 unspecified atom stereocenters. The summed E-state index contributed by atoms with van der Waals surface area (Å²) in [6, 6.07) is 10.7. The first kappa shape index (κ1) is 14.9. The molecule has 6 heteroatoms. The molecule has 4 nitrogen and oxygen atoms in total. The molecule has 106 valence electrons. The highest BCUT2D eigenvalue weighted by Gasteiger charge is 2.07. The molecular weight excluding hydrogens is 294 g/mol. The Balaban J connectivity index is 2.16. The monoisotopic (exact) mass is 309 g/mol. The average Bonchev–Trinajstić information content (AvgIpc) is 2.39. The first-order chi connectivity index (χ1) is 9.36. The molecule has 0 radical (unpaired) electrons. The molecule has 1 aromatic heterocycles. The Kier molecular flexibility index (Phi) is 4.35. The minimum Gasteiger partial charge on any atom is -0.260 e. The molecule has 0 N–H and O–H groups in total. The van der Waals surface area contributed by atoms with E-state index in [2.05, 4.69) is 4.98 Å². The fourth-order valence-corrected chi connectivity index (χ4v) is 2.82. The summed E-state index contributed by atoms with van der Waals surface area (Å²) >= 11 is 0. The third-order valence-electron chi connectivity index (χ3n) is 2.87. The zero-order valence-electron chi connectivity index (χ0n) is 11.2. The van der Waals surface area contributed by atoms with Gasteiger partial charge in [-0.25, -0.2) is 8.42 Å². The van der Waals surface area contributed by atoms with Gasteiger partial charge in [-0.05, 0) is 29.8 Å². The fraction of sp³-hybridized carbons (Fsp3) is 0.214. The molecule has 0 spiro atoms. The fourth-order valence-electron chi connectivity index (χ4n) is 1.74. The van der Waals surface area contributed by atoms with Crippen molar-refractivity contribution >= 4 is 20.6 Å². The number of hydrogen-bond acceptors (Lipinski definition) is 4. The summed E-state index contributed by atoms with van der Waals surface area (Å²) in [4.78, 5) is 5.17. The minimum absolute atomic E-state index is 0.220. The van der Waals surface area contributed by atoms with Crippen LogP contribution in [0.15, 0.2) is 52.4 Å². The van der Waals surface area contributed by atoms with E-state index in [1.54, 1.807) is 18.4 Å². The normalized spacial score (nSPS) is 13.1. The molecule has 2 aromatic rings. The van der Waals surface area contributed by atoms with Crippen LogP contribution < -0.4 is 0 Å². The lowest BCUT2D eigenvalue weighted by Crippen LogP contribution is -1.99. The van der Waals surface area contributed by atoms with Crippen LogP contribution >= 0.6 is 0 Å². The summed E-state index contributed by atoms with van der Waals surface area (Å²) in [5.41, 5.74) is 1.83. The van der Waals surface area contributed by atoms with Gasteiger partial charge in [-0.1, -0.05) is 12.1 Å². The quantitative estimate of drug-likeness (QED) is 0.864. The average molecular weight is 309 g/mol. The summed E-state index contributed by atoms with van der Waals surface area (Å²) in [5, 5.41) is 0. The van der Waals surface area contributed by atoms with E-state index < -0.39 is 20.6 Å². The van der Waals surface area contributed by atoms with Crippen LogP contribution in [0.3, 0.4) is 0 Å². The van der Waals surface area contributed by atoms with Crippen LogP contribution in [0, 0.1) is 0 Å². The molecule has 1 atom stereocenters. The van der Waals surface area contributed by atoms with Gasteiger partial charge in [0.1, 0.15) is 0 Å². The van der Waals surface area contributed by atoms with E-state index in [1.807, 2.05) is 24.3 Å². The zero-order valence-corrected chi connectivity index (χ0v) is 12.9. The summed E-state index contributed by atoms with van der Waals surface area (Å²) in [6.45, 7) is 0. The van der Waals surface area contributed by atoms with Crippen molar-refractivity contribution in [1.29, 1.82) is 0 Å². The van der Waals surface area contributed by atoms with Gasteiger partial charge in [-0.3, -0.25) is 9.19 Å². The first-order valence-electron chi connectivity index (χ1n) is 5.93. The van der Waals surface area contributed by atoms with Gasteiger partial charge < -0.3 is 0 Å². The van der Waals surface area contributed by atoms with Gasteiger partial charge in [0.15, 0.2) is 9.84 Å². The molecule has 2 rings (SSSR count). The topological polar surface area (TPSA) is 64.1 Å². The highest BCUT2D eigenvalue weighted by atomic mass is 32.2. The molecule has 0 amide bonds. The van der Waals surface area contributed by atoms with Crippen LogP contribution in [0.2, 0.25) is 0 Å². The van der Waals surface area contributed by atoms with Crippen molar-refractivity contribution in [2.75, 3.05) is 12.5 Å². The molecule has 0 bridgehead atoms. The highest BCUT2D eigenvalue weighted by molar-refractivity contribution is 7.90. The number of pyridine rings is 1. The number of benzene rings is 1. The summed E-state index contributed by atoms with van der Waals surface area (Å²) in [6.07, 6.45) is 4.79. The second kappa shape index (κ2) is 5.85. The number of aromatic nitrogens is 1. The van der Waals surface area contributed by atoms with Gasteiger partial charge in [-0.2, -0.15) is 0 Å². The summed E-state index contributed by atoms with van der Waals surface area (Å²) in [5.74, 6) is 0. The number of rotatable bonds is 4. The van der Waals surface area contributed by atoms with Gasteiger partial charge in [0.05, 0.1) is 4.90 Å². The SMILES string of the molecule is CS(=O)c1ccc(Cc2ccc(S(C)(=O)=O)cn2)cc1. The predicted octanol–water partition coefficient (Wildman–Crippen LogP) is 1.81. The molecule has 0 aliphatic heterocycles. The highest BCUT2D eigenvalue weighted by Crippen LogP contribution is 2.13. The van der Waals surface area contributed by atoms with Crippen molar-refractivity contribution in [2.24, 2.45) is 0 Å². The van der Waals surface area contributed by atoms with Crippen molar-refractivity contribution in [2.45, 2.75) is 16.2 Å². The van der Waals surface area contributed by atoms with Crippen LogP contribution in [0.1, 0.15) is 11.3 Å². The Morgan fingerprint density at radius 1 is 1.10 bits per heavy atom. The zero-order chi connectivity index (χ0) is 14.8. The Labute approximate surface area is 121 Å². The van der Waals surface area contributed by atoms with Gasteiger partial charge in [0, 0.05) is 46.5 Å². The van der Waals surface area contributed by atoms with Crippen molar-refractivity contribution < 1.29 is 12.6 Å². The van der Waals surface area contributed by atoms with Crippen molar-refractivity contribution in [3.8, 4) is 0 Å². The lowest BCUT2D eigenvalue weighted by atomic mass is 10.1. The Morgan fingerprint density at radius 2 is 1.75 bits per heavy atom. The smallest absolute Gasteiger partial charge is 0.177 e. The van der Waals surface area contributed by atoms with Crippen molar-refractivity contribution in [3.05, 3.63) is 53.9 Å². The largest absolute Gasteiger partial charge is 0.260 e. The Morgan fingerprint density at radius 3 is 2.20 bits per heavy atom. The van der Waals surface area contributed by atoms with Gasteiger partial charge in [0.2, 0.25) is 0 Å². The van der Waals surface area contributed by atoms with Gasteiger partial charge >= 0.3 is 0 Å². The van der Waals surface area contributed by atoms with E-state index in [9.17, 15) is 12.6 Å². The third-order valence-corrected chi connectivity index (χ3v) is 4.90. The van der Waals surface area contributed by atoms with Crippen LogP contribution in [-0.2, 0) is 27.1 Å². The maximum atomic E-state index is 11.3. The summed E-state index contributed by atoms with van der Waals surface area (Å²) in [7, 11) is -4.18. The molecule has 0 aliphatic carbocycles. The second-order valence-electron chi connectivity index (χ2n) is 4.53. The first-order valence-corrected chi connectivity index (χ1v) is 9.38. The van der Waals surface area contributed by atoms with Gasteiger partial charge in [-0.15, -0.1) is 0 Å². The Hall–Kier alpha value is -1.53. The van der Waals surface area contributed by atoms with Gasteiger partial charge in [0.25, 0.3) is 0 Å². The van der Waals surface area contributed by atoms with E-state index >= 15 is 0 Å². The maximum Gasteiger partial charge on any atom is 0.177 e. The number of nitrogens with zero attached hydrogens (tertiary/aromatic N) is 1. The van der Waals surface area contributed by atoms with E-state index in [1.165, 1.54) is 6.20 Å². The van der Waals surface area contributed by atoms with E-state index in [-0.39, 0.29) is 4.90 Å². The van der Waals surface area contributed by atoms with E-state index in [0.717, 1.165) is 22.4 Å². The molecule has 0 saturated heterocycles. The van der Waals surface area contributed by atoms with Crippen LogP contribution in [-0.4, -0.2) is 30.1 Å². The Bertz CT molecular complexity index is 720. The minimum atomic E-state index is -3.20. The lowest BCUT2D eigenvalue weighted by Gasteiger charge is -2.04. The molecule has 0 aliphatic rings. The van der Waals surface area contributed by atoms with E-state index in [4.69, 9.17) is 0 Å². The molecule has 1 heterocycles. The number of sulfone groups is 1. The predicted molar refractivity (Wildman–Crippen MR) is 78.9 cm³/mol. The van der Waals surface area contributed by atoms with Crippen LogP contribution in [0.4, 0.5) is 0 Å². The van der Waals surface area contributed by atoms with E-state index in [0.29, 0.717) is 6.42 Å². The van der Waals surface area contributed by atoms with Crippen molar-refractivity contribution in [3.63, 3.8) is 0 Å². The van der Waals surface area contributed by atoms with Crippen LogP contribution in [0.5, 0.6) is 0 Å². The van der Waals surface area contributed by atoms with Crippen molar-refractivity contribution in [1.82, 2.24) is 4.98 Å². The maximum absolute atomic E-state index is 11.3. The summed E-state index contributed by atoms with van der Waals surface area (Å²) < 4.78 is 34.0. The number of hydrogen-bond donors (Lipinski definition) is 0. The molecule has 0 fully saturated rings. The second-order valence-corrected chi connectivity index (χ2v) is 7.93. The third kappa shape index (κ3) is 3.74. The van der Waals surface area contributed by atoms with Crippen LogP contribution in [0.25, 0.3) is 0 Å².